The largest absolute Gasteiger partial charge is 0.386 e. The summed E-state index contributed by atoms with van der Waals surface area (Å²) in [7, 11) is 0. The number of nitrogens with zero attached hydrogens (tertiary/aromatic N) is 3. The Balaban J connectivity index is 1.81. The van der Waals surface area contributed by atoms with Crippen LogP contribution in [0.5, 0.6) is 0 Å². The Kier molecular flexibility index (Phi) is 5.52. The van der Waals surface area contributed by atoms with Crippen molar-refractivity contribution < 1.29 is 9.63 Å². The molecule has 0 unspecified atom stereocenters. The van der Waals surface area contributed by atoms with E-state index in [-0.39, 0.29) is 12.5 Å². The van der Waals surface area contributed by atoms with Gasteiger partial charge in [0.2, 0.25) is 0 Å². The fourth-order valence-electron chi connectivity index (χ4n) is 2.31. The van der Waals surface area contributed by atoms with Crippen LogP contribution in [-0.2, 0) is 16.1 Å². The van der Waals surface area contributed by atoms with Gasteiger partial charge in [-0.1, -0.05) is 12.1 Å². The highest BCUT2D eigenvalue weighted by molar-refractivity contribution is 7.09. The summed E-state index contributed by atoms with van der Waals surface area (Å²) in [6.07, 6.45) is 4.50. The monoisotopic (exact) mass is 295 g/mol. The Labute approximate surface area is 123 Å². The number of carbonyl (C=O) groups is 1. The van der Waals surface area contributed by atoms with Crippen LogP contribution in [0.15, 0.2) is 10.5 Å². The summed E-state index contributed by atoms with van der Waals surface area (Å²) in [5.41, 5.74) is 1.18. The van der Waals surface area contributed by atoms with Gasteiger partial charge in [0.25, 0.3) is 5.91 Å². The Morgan fingerprint density at radius 3 is 2.95 bits per heavy atom. The highest BCUT2D eigenvalue weighted by atomic mass is 32.1. The second-order valence-electron chi connectivity index (χ2n) is 4.82. The number of amides is 1. The van der Waals surface area contributed by atoms with Gasteiger partial charge in [-0.2, -0.15) is 0 Å². The Morgan fingerprint density at radius 2 is 2.35 bits per heavy atom. The van der Waals surface area contributed by atoms with Gasteiger partial charge >= 0.3 is 0 Å². The van der Waals surface area contributed by atoms with Crippen molar-refractivity contribution in [1.82, 2.24) is 9.88 Å². The average molecular weight is 295 g/mol. The summed E-state index contributed by atoms with van der Waals surface area (Å²) >= 11 is 1.75. The zero-order valence-electron chi connectivity index (χ0n) is 12.0. The van der Waals surface area contributed by atoms with Gasteiger partial charge in [-0.25, -0.2) is 4.98 Å². The Hall–Kier alpha value is -1.43. The number of carbonyl (C=O) groups excluding carboxylic acids is 1. The van der Waals surface area contributed by atoms with Crippen molar-refractivity contribution in [3.63, 3.8) is 0 Å². The first-order valence-corrected chi connectivity index (χ1v) is 7.94. The van der Waals surface area contributed by atoms with Crippen molar-refractivity contribution in [2.24, 2.45) is 5.16 Å². The summed E-state index contributed by atoms with van der Waals surface area (Å²) < 4.78 is 0. The number of thiazole rings is 1. The van der Waals surface area contributed by atoms with Crippen molar-refractivity contribution >= 4 is 23.5 Å². The molecule has 0 atom stereocenters. The molecule has 1 fully saturated rings. The van der Waals surface area contributed by atoms with E-state index < -0.39 is 0 Å². The lowest BCUT2D eigenvalue weighted by atomic mass is 9.97. The molecular formula is C14H21N3O2S. The molecule has 1 saturated heterocycles. The zero-order chi connectivity index (χ0) is 14.4. The van der Waals surface area contributed by atoms with E-state index in [0.29, 0.717) is 5.92 Å². The Bertz CT molecular complexity index is 465. The number of aryl methyl sites for hydroxylation is 1. The second kappa shape index (κ2) is 7.38. The van der Waals surface area contributed by atoms with E-state index in [2.05, 4.69) is 22.4 Å². The predicted octanol–water partition coefficient (Wildman–Crippen LogP) is 2.43. The lowest BCUT2D eigenvalue weighted by molar-refractivity contribution is -0.137. The molecule has 1 aliphatic rings. The second-order valence-corrected chi connectivity index (χ2v) is 5.71. The molecule has 110 valence electrons. The summed E-state index contributed by atoms with van der Waals surface area (Å²) in [4.78, 5) is 23.3. The van der Waals surface area contributed by atoms with Crippen LogP contribution < -0.4 is 0 Å². The third kappa shape index (κ3) is 3.79. The normalized spacial score (nSPS) is 16.8. The van der Waals surface area contributed by atoms with Gasteiger partial charge < -0.3 is 9.74 Å². The van der Waals surface area contributed by atoms with Gasteiger partial charge in [0.1, 0.15) is 0 Å². The fourth-order valence-corrected chi connectivity index (χ4v) is 3.38. The van der Waals surface area contributed by atoms with Crippen molar-refractivity contribution in [1.29, 1.82) is 0 Å². The number of piperidine rings is 1. The molecule has 0 radical (unpaired) electrons. The van der Waals surface area contributed by atoms with E-state index in [1.54, 1.807) is 18.3 Å². The van der Waals surface area contributed by atoms with Gasteiger partial charge in [0.05, 0.1) is 10.7 Å². The van der Waals surface area contributed by atoms with E-state index in [0.717, 1.165) is 32.4 Å². The quantitative estimate of drug-likeness (QED) is 0.619. The highest BCUT2D eigenvalue weighted by Crippen LogP contribution is 2.30. The summed E-state index contributed by atoms with van der Waals surface area (Å²) in [6, 6.07) is 0. The van der Waals surface area contributed by atoms with Crippen molar-refractivity contribution in [3.8, 4) is 0 Å². The summed E-state index contributed by atoms with van der Waals surface area (Å²) in [5.74, 6) is 0.515. The summed E-state index contributed by atoms with van der Waals surface area (Å²) in [6.45, 7) is 5.48. The highest BCUT2D eigenvalue weighted by Gasteiger charge is 2.25. The fraction of sp³-hybridized carbons (Fsp3) is 0.643. The van der Waals surface area contributed by atoms with Gasteiger partial charge in [-0.15, -0.1) is 11.3 Å². The molecule has 2 heterocycles. The number of likely N-dealkylation sites (tertiary alicyclic amines) is 1. The van der Waals surface area contributed by atoms with E-state index in [4.69, 9.17) is 4.84 Å². The average Bonchev–Trinajstić information content (AvgIpc) is 2.96. The first-order valence-electron chi connectivity index (χ1n) is 7.06. The number of rotatable bonds is 5. The molecule has 0 aromatic carbocycles. The van der Waals surface area contributed by atoms with Gasteiger partial charge in [-0.05, 0) is 26.2 Å². The maximum atomic E-state index is 11.9. The maximum absolute atomic E-state index is 11.9. The minimum absolute atomic E-state index is 0.0161. The molecule has 0 aliphatic carbocycles. The van der Waals surface area contributed by atoms with Crippen LogP contribution in [0.4, 0.5) is 0 Å². The van der Waals surface area contributed by atoms with Crippen molar-refractivity contribution in [2.45, 2.75) is 39.0 Å². The van der Waals surface area contributed by atoms with E-state index in [1.807, 2.05) is 4.90 Å². The van der Waals surface area contributed by atoms with E-state index >= 15 is 0 Å². The third-order valence-electron chi connectivity index (χ3n) is 3.50. The van der Waals surface area contributed by atoms with Gasteiger partial charge in [-0.3, -0.25) is 4.79 Å². The molecule has 5 nitrogen and oxygen atoms in total. The summed E-state index contributed by atoms with van der Waals surface area (Å²) in [5, 5.41) is 6.97. The smallest absolute Gasteiger partial charge is 0.263 e. The molecule has 0 bridgehead atoms. The molecule has 20 heavy (non-hydrogen) atoms. The molecule has 0 saturated carbocycles. The lowest BCUT2D eigenvalue weighted by Gasteiger charge is -2.30. The van der Waals surface area contributed by atoms with Gasteiger partial charge in [0.15, 0.2) is 6.61 Å². The maximum Gasteiger partial charge on any atom is 0.263 e. The molecule has 2 rings (SSSR count). The SMILES string of the molecule is CC=NOCC(=O)N1CCC(c2nc(CC)cs2)CC1. The van der Waals surface area contributed by atoms with Gasteiger partial charge in [0, 0.05) is 30.6 Å². The van der Waals surface area contributed by atoms with Crippen LogP contribution in [0, 0.1) is 0 Å². The molecule has 1 amide bonds. The van der Waals surface area contributed by atoms with Crippen molar-refractivity contribution in [3.05, 3.63) is 16.1 Å². The predicted molar refractivity (Wildman–Crippen MR) is 80.2 cm³/mol. The lowest BCUT2D eigenvalue weighted by Crippen LogP contribution is -2.39. The van der Waals surface area contributed by atoms with Crippen LogP contribution in [-0.4, -0.2) is 41.7 Å². The minimum atomic E-state index is 0.0161. The van der Waals surface area contributed by atoms with Crippen LogP contribution in [0.25, 0.3) is 0 Å². The topological polar surface area (TPSA) is 54.8 Å². The zero-order valence-corrected chi connectivity index (χ0v) is 12.9. The van der Waals surface area contributed by atoms with E-state index in [9.17, 15) is 4.79 Å². The first kappa shape index (κ1) is 15.0. The molecular weight excluding hydrogens is 274 g/mol. The first-order chi connectivity index (χ1) is 9.74. The van der Waals surface area contributed by atoms with E-state index in [1.165, 1.54) is 16.9 Å². The number of hydrogen-bond acceptors (Lipinski definition) is 5. The number of aromatic nitrogens is 1. The van der Waals surface area contributed by atoms with Crippen molar-refractivity contribution in [2.75, 3.05) is 19.7 Å². The molecule has 1 aliphatic heterocycles. The minimum Gasteiger partial charge on any atom is -0.386 e. The number of hydrogen-bond donors (Lipinski definition) is 0. The molecule has 0 N–H and O–H groups in total. The molecule has 1 aromatic heterocycles. The third-order valence-corrected chi connectivity index (χ3v) is 4.55. The van der Waals surface area contributed by atoms with Crippen LogP contribution in [0.2, 0.25) is 0 Å². The molecule has 6 heteroatoms. The van der Waals surface area contributed by atoms with Crippen LogP contribution in [0.3, 0.4) is 0 Å². The van der Waals surface area contributed by atoms with Crippen LogP contribution in [0.1, 0.15) is 43.3 Å². The van der Waals surface area contributed by atoms with Crippen LogP contribution >= 0.6 is 11.3 Å². The standard InChI is InChI=1S/C14H21N3O2S/c1-3-12-10-20-14(16-12)11-5-7-17(8-6-11)13(18)9-19-15-4-2/h4,10-11H,3,5-9H2,1-2H3. The number of oxime groups is 1. The molecule has 1 aromatic rings. The Morgan fingerprint density at radius 1 is 1.60 bits per heavy atom. The molecule has 0 spiro atoms.